The molecule has 2 heterocycles. The van der Waals surface area contributed by atoms with Crippen LogP contribution in [0.15, 0.2) is 92.4 Å². The number of piperidine rings is 1. The van der Waals surface area contributed by atoms with Gasteiger partial charge in [-0.25, -0.2) is 0 Å². The van der Waals surface area contributed by atoms with E-state index in [2.05, 4.69) is 53.2 Å². The van der Waals surface area contributed by atoms with E-state index in [0.29, 0.717) is 6.04 Å². The van der Waals surface area contributed by atoms with Crippen LogP contribution in [0.5, 0.6) is 0 Å². The van der Waals surface area contributed by atoms with Gasteiger partial charge in [0.2, 0.25) is 0 Å². The monoisotopic (exact) mass is 544 g/mol. The number of fused-ring (bicyclic) bond motifs is 2. The van der Waals surface area contributed by atoms with E-state index >= 15 is 0 Å². The van der Waals surface area contributed by atoms with Crippen molar-refractivity contribution < 1.29 is 17.2 Å². The van der Waals surface area contributed by atoms with Crippen LogP contribution in [0.4, 0.5) is 11.4 Å². The summed E-state index contributed by atoms with van der Waals surface area (Å²) in [5, 5.41) is 0. The zero-order chi connectivity index (χ0) is 25.7. The van der Waals surface area contributed by atoms with Gasteiger partial charge in [0.05, 0.1) is 16.3 Å². The zero-order valence-corrected chi connectivity index (χ0v) is 23.0. The number of para-hydroxylation sites is 1. The summed E-state index contributed by atoms with van der Waals surface area (Å²) in [6.07, 6.45) is 6.88. The lowest BCUT2D eigenvalue weighted by molar-refractivity contribution is 0.178. The SMILES string of the molecule is CN1CCCC[C@@H]1CCN1c2ccccc2Sc2ccc(S(C)=O)cc21.O=S(=O)(O)c1ccccc1. The number of nitrogens with zero attached hydrogens (tertiary/aromatic N) is 2. The average molecular weight is 545 g/mol. The maximum absolute atomic E-state index is 12.0. The molecular formula is C27H32N2O4S3. The molecule has 0 saturated carbocycles. The summed E-state index contributed by atoms with van der Waals surface area (Å²) in [5.41, 5.74) is 2.49. The molecule has 1 saturated heterocycles. The molecular weight excluding hydrogens is 513 g/mol. The first-order valence-electron chi connectivity index (χ1n) is 12.0. The van der Waals surface area contributed by atoms with Gasteiger partial charge in [-0.1, -0.05) is 48.5 Å². The molecule has 2 aliphatic rings. The van der Waals surface area contributed by atoms with Gasteiger partial charge < -0.3 is 9.80 Å². The second-order valence-electron chi connectivity index (χ2n) is 9.01. The molecule has 0 bridgehead atoms. The highest BCUT2D eigenvalue weighted by Crippen LogP contribution is 2.48. The first-order valence-corrected chi connectivity index (χ1v) is 15.8. The van der Waals surface area contributed by atoms with Gasteiger partial charge in [-0.05, 0) is 75.3 Å². The topological polar surface area (TPSA) is 77.9 Å². The molecule has 2 atom stereocenters. The molecule has 0 aromatic heterocycles. The molecule has 9 heteroatoms. The molecule has 3 aromatic rings. The van der Waals surface area contributed by atoms with Crippen molar-refractivity contribution in [1.82, 2.24) is 4.90 Å². The van der Waals surface area contributed by atoms with E-state index in [1.807, 2.05) is 17.8 Å². The normalized spacial score (nSPS) is 18.4. The van der Waals surface area contributed by atoms with Crippen molar-refractivity contribution in [2.75, 3.05) is 31.3 Å². The summed E-state index contributed by atoms with van der Waals surface area (Å²) in [4.78, 5) is 8.36. The first-order chi connectivity index (χ1) is 17.2. The van der Waals surface area contributed by atoms with E-state index < -0.39 is 20.9 Å². The highest BCUT2D eigenvalue weighted by molar-refractivity contribution is 7.99. The summed E-state index contributed by atoms with van der Waals surface area (Å²) in [6.45, 7) is 2.21. The predicted molar refractivity (Wildman–Crippen MR) is 147 cm³/mol. The van der Waals surface area contributed by atoms with Gasteiger partial charge in [-0.3, -0.25) is 8.76 Å². The van der Waals surface area contributed by atoms with Crippen molar-refractivity contribution in [2.45, 2.75) is 51.3 Å². The first kappa shape index (κ1) is 26.9. The van der Waals surface area contributed by atoms with Gasteiger partial charge in [0, 0.05) is 44.3 Å². The number of anilines is 2. The summed E-state index contributed by atoms with van der Waals surface area (Å²) in [7, 11) is -2.70. The third-order valence-electron chi connectivity index (χ3n) is 6.58. The standard InChI is InChI=1S/C21H26N2OS2.C6H6O3S/c1-22-13-6-5-7-16(22)12-14-23-18-8-3-4-9-20(18)25-21-11-10-17(26(2)24)15-19(21)23;7-10(8,9)6-4-2-1-3-5-6/h3-4,8-11,15-16H,5-7,12-14H2,1-2H3;1-5H,(H,7,8,9)/t16-,26?;/m1./s1. The minimum atomic E-state index is -4.00. The van der Waals surface area contributed by atoms with Crippen molar-refractivity contribution in [2.24, 2.45) is 0 Å². The maximum Gasteiger partial charge on any atom is 0.294 e. The van der Waals surface area contributed by atoms with Gasteiger partial charge in [0.1, 0.15) is 0 Å². The molecule has 2 aliphatic heterocycles. The number of benzene rings is 3. The molecule has 3 aromatic carbocycles. The van der Waals surface area contributed by atoms with Crippen molar-refractivity contribution in [1.29, 1.82) is 0 Å². The Morgan fingerprint density at radius 1 is 0.972 bits per heavy atom. The van der Waals surface area contributed by atoms with Gasteiger partial charge in [-0.15, -0.1) is 0 Å². The van der Waals surface area contributed by atoms with E-state index in [1.54, 1.807) is 24.5 Å². The second kappa shape index (κ2) is 11.9. The van der Waals surface area contributed by atoms with Crippen LogP contribution in [-0.2, 0) is 20.9 Å². The predicted octanol–water partition coefficient (Wildman–Crippen LogP) is 5.83. The van der Waals surface area contributed by atoms with Crippen molar-refractivity contribution in [3.8, 4) is 0 Å². The Balaban J connectivity index is 0.000000256. The van der Waals surface area contributed by atoms with Crippen LogP contribution in [0.3, 0.4) is 0 Å². The van der Waals surface area contributed by atoms with Crippen LogP contribution >= 0.6 is 11.8 Å². The average Bonchev–Trinajstić information content (AvgIpc) is 2.87. The third kappa shape index (κ3) is 6.58. The Morgan fingerprint density at radius 3 is 2.33 bits per heavy atom. The Labute approximate surface area is 220 Å². The Hall–Kier alpha value is -2.17. The van der Waals surface area contributed by atoms with Crippen LogP contribution in [-0.4, -0.2) is 54.5 Å². The highest BCUT2D eigenvalue weighted by Gasteiger charge is 2.26. The van der Waals surface area contributed by atoms with Crippen LogP contribution < -0.4 is 4.90 Å². The molecule has 1 N–H and O–H groups in total. The fourth-order valence-corrected chi connectivity index (χ4v) is 6.72. The van der Waals surface area contributed by atoms with E-state index in [0.717, 1.165) is 17.9 Å². The molecule has 192 valence electrons. The third-order valence-corrected chi connectivity index (χ3v) is 9.49. The molecule has 1 unspecified atom stereocenters. The van der Waals surface area contributed by atoms with Crippen LogP contribution in [0.1, 0.15) is 25.7 Å². The van der Waals surface area contributed by atoms with E-state index in [4.69, 9.17) is 4.55 Å². The van der Waals surface area contributed by atoms with E-state index in [9.17, 15) is 12.6 Å². The molecule has 36 heavy (non-hydrogen) atoms. The Kier molecular flexibility index (Phi) is 8.90. The van der Waals surface area contributed by atoms with Crippen LogP contribution in [0.25, 0.3) is 0 Å². The summed E-state index contributed by atoms with van der Waals surface area (Å²) < 4.78 is 41.2. The smallest absolute Gasteiger partial charge is 0.294 e. The zero-order valence-electron chi connectivity index (χ0n) is 20.5. The summed E-state index contributed by atoms with van der Waals surface area (Å²) in [6, 6.07) is 23.0. The van der Waals surface area contributed by atoms with Crippen molar-refractivity contribution in [3.63, 3.8) is 0 Å². The van der Waals surface area contributed by atoms with E-state index in [-0.39, 0.29) is 4.90 Å². The number of likely N-dealkylation sites (tertiary alicyclic amines) is 1. The summed E-state index contributed by atoms with van der Waals surface area (Å²) >= 11 is 1.82. The second-order valence-corrected chi connectivity index (χ2v) is 12.9. The minimum absolute atomic E-state index is 0.0741. The maximum atomic E-state index is 12.0. The lowest BCUT2D eigenvalue weighted by atomic mass is 9.99. The van der Waals surface area contributed by atoms with E-state index in [1.165, 1.54) is 59.1 Å². The molecule has 6 nitrogen and oxygen atoms in total. The fraction of sp³-hybridized carbons (Fsp3) is 0.333. The van der Waals surface area contributed by atoms with Gasteiger partial charge in [-0.2, -0.15) is 8.42 Å². The fourth-order valence-electron chi connectivity index (χ4n) is 4.61. The van der Waals surface area contributed by atoms with Gasteiger partial charge >= 0.3 is 0 Å². The summed E-state index contributed by atoms with van der Waals surface area (Å²) in [5.74, 6) is 0. The highest BCUT2D eigenvalue weighted by atomic mass is 32.2. The molecule has 5 rings (SSSR count). The molecule has 1 fully saturated rings. The van der Waals surface area contributed by atoms with Crippen LogP contribution in [0, 0.1) is 0 Å². The largest absolute Gasteiger partial charge is 0.340 e. The lowest BCUT2D eigenvalue weighted by Crippen LogP contribution is -2.38. The molecule has 0 aliphatic carbocycles. The van der Waals surface area contributed by atoms with Crippen molar-refractivity contribution in [3.05, 3.63) is 72.8 Å². The molecule has 0 radical (unpaired) electrons. The minimum Gasteiger partial charge on any atom is -0.340 e. The number of hydrogen-bond acceptors (Lipinski definition) is 6. The number of hydrogen-bond donors (Lipinski definition) is 1. The van der Waals surface area contributed by atoms with Crippen molar-refractivity contribution >= 4 is 44.1 Å². The quantitative estimate of drug-likeness (QED) is 0.405. The number of rotatable bonds is 5. The van der Waals surface area contributed by atoms with Gasteiger partial charge in [0.15, 0.2) is 0 Å². The Morgan fingerprint density at radius 2 is 1.67 bits per heavy atom. The Bertz CT molecular complexity index is 1320. The molecule has 0 spiro atoms. The van der Waals surface area contributed by atoms with Crippen LogP contribution in [0.2, 0.25) is 0 Å². The molecule has 0 amide bonds. The van der Waals surface area contributed by atoms with Gasteiger partial charge in [0.25, 0.3) is 10.1 Å². The lowest BCUT2D eigenvalue weighted by Gasteiger charge is -2.37.